The van der Waals surface area contributed by atoms with E-state index in [1.54, 1.807) is 0 Å². The van der Waals surface area contributed by atoms with Gasteiger partial charge in [-0.1, -0.05) is 25.9 Å². The Balaban J connectivity index is 4.46. The molecule has 1 atom stereocenters. The number of rotatable bonds is 5. The van der Waals surface area contributed by atoms with Gasteiger partial charge in [-0.15, -0.1) is 0 Å². The van der Waals surface area contributed by atoms with E-state index in [-0.39, 0.29) is 17.5 Å². The molecule has 14 heavy (non-hydrogen) atoms. The zero-order valence-corrected chi connectivity index (χ0v) is 9.15. The Morgan fingerprint density at radius 1 is 1.64 bits per heavy atom. The van der Waals surface area contributed by atoms with E-state index in [1.807, 2.05) is 20.8 Å². The van der Waals surface area contributed by atoms with Gasteiger partial charge in [0.2, 0.25) is 0 Å². The number of carbonyl (C=O) groups excluding carboxylic acids is 1. The second-order valence-corrected chi connectivity index (χ2v) is 3.88. The lowest BCUT2D eigenvalue weighted by Gasteiger charge is -2.31. The Morgan fingerprint density at radius 3 is 2.57 bits per heavy atom. The van der Waals surface area contributed by atoms with Crippen molar-refractivity contribution >= 4 is 5.97 Å². The molecule has 0 aromatic rings. The van der Waals surface area contributed by atoms with E-state index in [0.717, 1.165) is 0 Å². The normalized spacial score (nSPS) is 12.9. The van der Waals surface area contributed by atoms with E-state index < -0.39 is 0 Å². The molecule has 0 aromatic heterocycles. The average molecular weight is 199 g/mol. The number of esters is 1. The molecule has 80 valence electrons. The molecule has 0 saturated carbocycles. The van der Waals surface area contributed by atoms with Crippen LogP contribution in [-0.4, -0.2) is 18.6 Å². The summed E-state index contributed by atoms with van der Waals surface area (Å²) >= 11 is 0. The van der Waals surface area contributed by atoms with Gasteiger partial charge in [-0.3, -0.25) is 4.79 Å². The van der Waals surface area contributed by atoms with Crippen molar-refractivity contribution in [1.82, 2.24) is 0 Å². The van der Waals surface area contributed by atoms with Crippen LogP contribution in [0.1, 0.15) is 34.1 Å². The monoisotopic (exact) mass is 199 g/mol. The minimum Gasteiger partial charge on any atom is -0.462 e. The van der Waals surface area contributed by atoms with E-state index in [1.165, 1.54) is 6.92 Å². The van der Waals surface area contributed by atoms with E-state index in [0.29, 0.717) is 13.0 Å². The van der Waals surface area contributed by atoms with Crippen molar-refractivity contribution in [3.63, 3.8) is 0 Å². The fraction of sp³-hybridized carbons (Fsp3) is 0.889. The first-order chi connectivity index (χ1) is 6.44. The van der Waals surface area contributed by atoms with Gasteiger partial charge in [0, 0.05) is 23.8 Å². The highest BCUT2D eigenvalue weighted by molar-refractivity contribution is 5.66. The average Bonchev–Trinajstić information content (AvgIpc) is 2.10. The van der Waals surface area contributed by atoms with Crippen LogP contribution in [0.2, 0.25) is 0 Å². The number of nitrogens with zero attached hydrogens (tertiary/aromatic N) is 3. The minimum atomic E-state index is -0.313. The number of hydrogen-bond acceptors (Lipinski definition) is 3. The van der Waals surface area contributed by atoms with Crippen molar-refractivity contribution < 1.29 is 9.53 Å². The molecule has 5 heteroatoms. The zero-order valence-electron chi connectivity index (χ0n) is 9.15. The van der Waals surface area contributed by atoms with Crippen molar-refractivity contribution in [3.05, 3.63) is 10.4 Å². The van der Waals surface area contributed by atoms with Gasteiger partial charge in [0.25, 0.3) is 0 Å². The molecule has 0 bridgehead atoms. The Bertz CT molecular complexity index is 244. The molecule has 0 aromatic carbocycles. The molecule has 0 saturated heterocycles. The first kappa shape index (κ1) is 12.8. The molecule has 0 amide bonds. The third kappa shape index (κ3) is 4.14. The summed E-state index contributed by atoms with van der Waals surface area (Å²) in [5.74, 6) is -0.300. The summed E-state index contributed by atoms with van der Waals surface area (Å²) in [5, 5.41) is 3.51. The SMILES string of the molecule is CCC(OC(C)=O)C(C)(C)CN=[N+]=[N-]. The van der Waals surface area contributed by atoms with E-state index in [2.05, 4.69) is 10.0 Å². The van der Waals surface area contributed by atoms with Crippen LogP contribution in [0, 0.1) is 5.41 Å². The maximum Gasteiger partial charge on any atom is 0.302 e. The molecule has 0 spiro atoms. The summed E-state index contributed by atoms with van der Waals surface area (Å²) in [7, 11) is 0. The standard InChI is InChI=1S/C9H17N3O2/c1-5-8(14-7(2)13)9(3,4)6-11-12-10/h8H,5-6H2,1-4H3. The summed E-state index contributed by atoms with van der Waals surface area (Å²) in [5.41, 5.74) is 7.90. The van der Waals surface area contributed by atoms with Crippen LogP contribution in [0.4, 0.5) is 0 Å². The predicted octanol–water partition coefficient (Wildman–Crippen LogP) is 2.66. The van der Waals surface area contributed by atoms with E-state index in [9.17, 15) is 4.79 Å². The quantitative estimate of drug-likeness (QED) is 0.295. The summed E-state index contributed by atoms with van der Waals surface area (Å²) < 4.78 is 5.14. The summed E-state index contributed by atoms with van der Waals surface area (Å²) in [6.45, 7) is 7.48. The summed E-state index contributed by atoms with van der Waals surface area (Å²) in [6.07, 6.45) is 0.513. The molecule has 0 heterocycles. The molecule has 5 nitrogen and oxygen atoms in total. The maximum absolute atomic E-state index is 10.8. The fourth-order valence-electron chi connectivity index (χ4n) is 1.31. The highest BCUT2D eigenvalue weighted by Gasteiger charge is 2.29. The van der Waals surface area contributed by atoms with Crippen molar-refractivity contribution in [2.45, 2.75) is 40.2 Å². The number of azide groups is 1. The number of ether oxygens (including phenoxy) is 1. The first-order valence-electron chi connectivity index (χ1n) is 4.62. The lowest BCUT2D eigenvalue weighted by molar-refractivity contribution is -0.152. The van der Waals surface area contributed by atoms with Gasteiger partial charge in [-0.05, 0) is 12.0 Å². The molecule has 0 N–H and O–H groups in total. The van der Waals surface area contributed by atoms with Crippen LogP contribution in [0.25, 0.3) is 10.4 Å². The minimum absolute atomic E-state index is 0.203. The van der Waals surface area contributed by atoms with Crippen molar-refractivity contribution in [2.75, 3.05) is 6.54 Å². The summed E-state index contributed by atoms with van der Waals surface area (Å²) in [6, 6.07) is 0. The van der Waals surface area contributed by atoms with Gasteiger partial charge in [0.15, 0.2) is 0 Å². The van der Waals surface area contributed by atoms with Crippen LogP contribution >= 0.6 is 0 Å². The largest absolute Gasteiger partial charge is 0.462 e. The van der Waals surface area contributed by atoms with Crippen LogP contribution in [0.3, 0.4) is 0 Å². The topological polar surface area (TPSA) is 75.1 Å². The Kier molecular flexibility index (Phi) is 5.02. The Hall–Kier alpha value is -1.22. The molecule has 0 radical (unpaired) electrons. The Morgan fingerprint density at radius 2 is 2.21 bits per heavy atom. The second kappa shape index (κ2) is 5.50. The first-order valence-corrected chi connectivity index (χ1v) is 4.62. The van der Waals surface area contributed by atoms with Gasteiger partial charge < -0.3 is 4.74 Å². The van der Waals surface area contributed by atoms with Crippen molar-refractivity contribution in [2.24, 2.45) is 10.5 Å². The molecule has 0 fully saturated rings. The molecule has 1 unspecified atom stereocenters. The molecule has 0 rings (SSSR count). The third-order valence-electron chi connectivity index (χ3n) is 2.09. The smallest absolute Gasteiger partial charge is 0.302 e. The van der Waals surface area contributed by atoms with Crippen molar-refractivity contribution in [1.29, 1.82) is 0 Å². The summed E-state index contributed by atoms with van der Waals surface area (Å²) in [4.78, 5) is 13.5. The number of carbonyl (C=O) groups is 1. The predicted molar refractivity (Wildman–Crippen MR) is 53.6 cm³/mol. The van der Waals surface area contributed by atoms with E-state index in [4.69, 9.17) is 10.3 Å². The van der Waals surface area contributed by atoms with Crippen LogP contribution in [-0.2, 0) is 9.53 Å². The van der Waals surface area contributed by atoms with Crippen LogP contribution in [0.15, 0.2) is 5.11 Å². The van der Waals surface area contributed by atoms with E-state index >= 15 is 0 Å². The van der Waals surface area contributed by atoms with Crippen molar-refractivity contribution in [3.8, 4) is 0 Å². The van der Waals surface area contributed by atoms with Gasteiger partial charge in [0.1, 0.15) is 6.10 Å². The third-order valence-corrected chi connectivity index (χ3v) is 2.09. The van der Waals surface area contributed by atoms with Gasteiger partial charge >= 0.3 is 5.97 Å². The molecule has 0 aliphatic carbocycles. The highest BCUT2D eigenvalue weighted by atomic mass is 16.5. The van der Waals surface area contributed by atoms with Gasteiger partial charge in [0.05, 0.1) is 0 Å². The van der Waals surface area contributed by atoms with Crippen LogP contribution < -0.4 is 0 Å². The highest BCUT2D eigenvalue weighted by Crippen LogP contribution is 2.26. The molecular weight excluding hydrogens is 182 g/mol. The molecular formula is C9H17N3O2. The fourth-order valence-corrected chi connectivity index (χ4v) is 1.31. The van der Waals surface area contributed by atoms with Gasteiger partial charge in [-0.2, -0.15) is 0 Å². The lowest BCUT2D eigenvalue weighted by atomic mass is 9.85. The van der Waals surface area contributed by atoms with Crippen LogP contribution in [0.5, 0.6) is 0 Å². The maximum atomic E-state index is 10.8. The number of hydrogen-bond donors (Lipinski definition) is 0. The second-order valence-electron chi connectivity index (χ2n) is 3.88. The van der Waals surface area contributed by atoms with Gasteiger partial charge in [-0.25, -0.2) is 0 Å². The Labute approximate surface area is 84.1 Å². The zero-order chi connectivity index (χ0) is 11.2. The molecule has 0 aliphatic heterocycles. The lowest BCUT2D eigenvalue weighted by Crippen LogP contribution is -2.35. The molecule has 0 aliphatic rings.